The molecule has 1 atom stereocenters. The molecule has 2 rings (SSSR count). The summed E-state index contributed by atoms with van der Waals surface area (Å²) in [7, 11) is 0. The van der Waals surface area contributed by atoms with Gasteiger partial charge in [0.15, 0.2) is 6.10 Å². The van der Waals surface area contributed by atoms with Crippen LogP contribution in [0.2, 0.25) is 0 Å². The van der Waals surface area contributed by atoms with E-state index in [0.717, 1.165) is 11.3 Å². The van der Waals surface area contributed by atoms with Gasteiger partial charge in [0.1, 0.15) is 12.4 Å². The van der Waals surface area contributed by atoms with E-state index in [1.807, 2.05) is 30.3 Å². The quantitative estimate of drug-likeness (QED) is 0.863. The molecule has 0 aromatic heterocycles. The molecule has 0 aliphatic carbocycles. The smallest absolute Gasteiger partial charge is 0.166 e. The summed E-state index contributed by atoms with van der Waals surface area (Å²) in [6.45, 7) is 6.83. The molecule has 0 aliphatic rings. The predicted octanol–water partition coefficient (Wildman–Crippen LogP) is 4.12. The van der Waals surface area contributed by atoms with Crippen LogP contribution in [0.25, 0.3) is 0 Å². The van der Waals surface area contributed by atoms with Crippen molar-refractivity contribution in [3.8, 4) is 11.8 Å². The van der Waals surface area contributed by atoms with Crippen molar-refractivity contribution < 1.29 is 9.84 Å². The van der Waals surface area contributed by atoms with Crippen molar-refractivity contribution in [3.63, 3.8) is 0 Å². The molecule has 22 heavy (non-hydrogen) atoms. The van der Waals surface area contributed by atoms with Crippen LogP contribution in [0, 0.1) is 11.3 Å². The van der Waals surface area contributed by atoms with Crippen LogP contribution >= 0.6 is 0 Å². The Labute approximate surface area is 131 Å². The minimum absolute atomic E-state index is 0.113. The van der Waals surface area contributed by atoms with E-state index in [9.17, 15) is 5.11 Å². The van der Waals surface area contributed by atoms with Gasteiger partial charge >= 0.3 is 0 Å². The van der Waals surface area contributed by atoms with Gasteiger partial charge in [0.2, 0.25) is 0 Å². The van der Waals surface area contributed by atoms with Crippen LogP contribution in [0.5, 0.6) is 5.75 Å². The summed E-state index contributed by atoms with van der Waals surface area (Å²) in [6, 6.07) is 17.1. The average Bonchev–Trinajstić information content (AvgIpc) is 2.52. The molecule has 0 spiro atoms. The maximum absolute atomic E-state index is 9.72. The summed E-state index contributed by atoms with van der Waals surface area (Å²) >= 11 is 0. The summed E-state index contributed by atoms with van der Waals surface area (Å²) in [5.41, 5.74) is 2.77. The van der Waals surface area contributed by atoms with Gasteiger partial charge in [-0.15, -0.1) is 0 Å². The van der Waals surface area contributed by atoms with E-state index < -0.39 is 6.10 Å². The van der Waals surface area contributed by atoms with Crippen LogP contribution in [0.1, 0.15) is 43.6 Å². The van der Waals surface area contributed by atoms with Crippen LogP contribution in [0.3, 0.4) is 0 Å². The van der Waals surface area contributed by atoms with E-state index in [4.69, 9.17) is 10.00 Å². The molecule has 0 amide bonds. The van der Waals surface area contributed by atoms with E-state index in [-0.39, 0.29) is 5.41 Å². The summed E-state index contributed by atoms with van der Waals surface area (Å²) < 4.78 is 5.77. The Hall–Kier alpha value is -2.31. The first kappa shape index (κ1) is 16.1. The van der Waals surface area contributed by atoms with Crippen molar-refractivity contribution in [1.82, 2.24) is 0 Å². The zero-order chi connectivity index (χ0) is 16.2. The first-order valence-corrected chi connectivity index (χ1v) is 7.30. The van der Waals surface area contributed by atoms with Gasteiger partial charge < -0.3 is 9.84 Å². The maximum Gasteiger partial charge on any atom is 0.166 e. The predicted molar refractivity (Wildman–Crippen MR) is 86.5 cm³/mol. The molecular weight excluding hydrogens is 274 g/mol. The molecule has 114 valence electrons. The van der Waals surface area contributed by atoms with Crippen LogP contribution in [-0.4, -0.2) is 5.11 Å². The minimum atomic E-state index is -1.12. The highest BCUT2D eigenvalue weighted by Crippen LogP contribution is 2.25. The number of nitrogens with zero attached hydrogens (tertiary/aromatic N) is 1. The lowest BCUT2D eigenvalue weighted by Gasteiger charge is -2.19. The van der Waals surface area contributed by atoms with E-state index in [0.29, 0.717) is 12.2 Å². The zero-order valence-corrected chi connectivity index (χ0v) is 13.2. The van der Waals surface area contributed by atoms with E-state index in [2.05, 4.69) is 32.9 Å². The lowest BCUT2D eigenvalue weighted by Crippen LogP contribution is -2.10. The number of ether oxygens (including phenoxy) is 1. The summed E-state index contributed by atoms with van der Waals surface area (Å²) in [5.74, 6) is 0.772. The molecule has 0 saturated carbocycles. The molecule has 0 saturated heterocycles. The van der Waals surface area contributed by atoms with Gasteiger partial charge in [-0.2, -0.15) is 5.26 Å². The van der Waals surface area contributed by atoms with Crippen LogP contribution in [0.4, 0.5) is 0 Å². The zero-order valence-electron chi connectivity index (χ0n) is 13.2. The highest BCUT2D eigenvalue weighted by atomic mass is 16.5. The second kappa shape index (κ2) is 6.64. The lowest BCUT2D eigenvalue weighted by molar-refractivity contribution is 0.229. The number of benzene rings is 2. The molecule has 3 nitrogen and oxygen atoms in total. The Kier molecular flexibility index (Phi) is 4.85. The van der Waals surface area contributed by atoms with Crippen molar-refractivity contribution >= 4 is 0 Å². The second-order valence-corrected chi connectivity index (χ2v) is 6.29. The Morgan fingerprint density at radius 2 is 1.73 bits per heavy atom. The maximum atomic E-state index is 9.72. The van der Waals surface area contributed by atoms with Crippen molar-refractivity contribution in [2.24, 2.45) is 0 Å². The highest BCUT2D eigenvalue weighted by Gasteiger charge is 2.14. The number of hydrogen-bond donors (Lipinski definition) is 1. The largest absolute Gasteiger partial charge is 0.489 e. The fourth-order valence-electron chi connectivity index (χ4n) is 2.21. The topological polar surface area (TPSA) is 53.2 Å². The fraction of sp³-hybridized carbons (Fsp3) is 0.316. The minimum Gasteiger partial charge on any atom is -0.489 e. The van der Waals surface area contributed by atoms with Gasteiger partial charge in [0.05, 0.1) is 6.07 Å². The molecule has 3 heteroatoms. The van der Waals surface area contributed by atoms with Crippen LogP contribution < -0.4 is 4.74 Å². The third-order valence-corrected chi connectivity index (χ3v) is 3.59. The van der Waals surface area contributed by atoms with Gasteiger partial charge in [-0.1, -0.05) is 57.2 Å². The van der Waals surface area contributed by atoms with Gasteiger partial charge in [-0.3, -0.25) is 0 Å². The lowest BCUT2D eigenvalue weighted by atomic mass is 9.87. The summed E-state index contributed by atoms with van der Waals surface area (Å²) in [4.78, 5) is 0. The monoisotopic (exact) mass is 295 g/mol. The molecule has 1 unspecified atom stereocenters. The Bertz CT molecular complexity index is 663. The summed E-state index contributed by atoms with van der Waals surface area (Å²) in [6.07, 6.45) is -1.12. The second-order valence-electron chi connectivity index (χ2n) is 6.29. The Balaban J connectivity index is 2.10. The SMILES string of the molecule is CC(C)(C)c1ccc(OCc2ccccc2C(O)C#N)cc1. The number of nitriles is 1. The Morgan fingerprint density at radius 1 is 1.09 bits per heavy atom. The van der Waals surface area contributed by atoms with Crippen molar-refractivity contribution in [1.29, 1.82) is 5.26 Å². The average molecular weight is 295 g/mol. The third-order valence-electron chi connectivity index (χ3n) is 3.59. The van der Waals surface area contributed by atoms with Gasteiger partial charge in [-0.05, 0) is 28.7 Å². The number of aliphatic hydroxyl groups is 1. The van der Waals surface area contributed by atoms with E-state index in [1.165, 1.54) is 5.56 Å². The first-order chi connectivity index (χ1) is 10.4. The van der Waals surface area contributed by atoms with Gasteiger partial charge in [0.25, 0.3) is 0 Å². The molecule has 0 heterocycles. The standard InChI is InChI=1S/C19H21NO2/c1-19(2,3)15-8-10-16(11-9-15)22-13-14-6-4-5-7-17(14)18(21)12-20/h4-11,18,21H,13H2,1-3H3. The number of rotatable bonds is 4. The highest BCUT2D eigenvalue weighted by molar-refractivity contribution is 5.34. The normalized spacial score (nSPS) is 12.5. The van der Waals surface area contributed by atoms with Crippen molar-refractivity contribution in [3.05, 3.63) is 65.2 Å². The Morgan fingerprint density at radius 3 is 2.32 bits per heavy atom. The molecule has 0 radical (unpaired) electrons. The molecule has 2 aromatic carbocycles. The van der Waals surface area contributed by atoms with Crippen molar-refractivity contribution in [2.75, 3.05) is 0 Å². The van der Waals surface area contributed by atoms with Crippen LogP contribution in [0.15, 0.2) is 48.5 Å². The number of hydrogen-bond acceptors (Lipinski definition) is 3. The molecule has 2 aromatic rings. The first-order valence-electron chi connectivity index (χ1n) is 7.30. The molecule has 0 bridgehead atoms. The van der Waals surface area contributed by atoms with E-state index >= 15 is 0 Å². The molecule has 0 fully saturated rings. The van der Waals surface area contributed by atoms with Gasteiger partial charge in [-0.25, -0.2) is 0 Å². The fourth-order valence-corrected chi connectivity index (χ4v) is 2.21. The molecule has 1 N–H and O–H groups in total. The third kappa shape index (κ3) is 3.87. The summed E-state index contributed by atoms with van der Waals surface area (Å²) in [5, 5.41) is 18.6. The molecule has 0 aliphatic heterocycles. The molecular formula is C19H21NO2. The van der Waals surface area contributed by atoms with E-state index in [1.54, 1.807) is 12.1 Å². The van der Waals surface area contributed by atoms with Crippen LogP contribution in [-0.2, 0) is 12.0 Å². The van der Waals surface area contributed by atoms with Gasteiger partial charge in [0, 0.05) is 5.56 Å². The number of aliphatic hydroxyl groups excluding tert-OH is 1. The van der Waals surface area contributed by atoms with Crippen molar-refractivity contribution in [2.45, 2.75) is 38.9 Å².